The molecule has 0 spiro atoms. The van der Waals surface area contributed by atoms with E-state index in [-0.39, 0.29) is 54.4 Å². The Morgan fingerprint density at radius 2 is 1.24 bits per heavy atom. The largest absolute Gasteiger partial charge is 0.493 e. The lowest BCUT2D eigenvalue weighted by Gasteiger charge is -2.21. The molecule has 0 aromatic heterocycles. The summed E-state index contributed by atoms with van der Waals surface area (Å²) in [5.74, 6) is 2.11. The maximum Gasteiger partial charge on any atom is 0.257 e. The molecule has 4 aliphatic heterocycles. The first-order valence-electron chi connectivity index (χ1n) is 23.0. The number of allylic oxidation sites excluding steroid dienone is 2. The second-order valence-corrected chi connectivity index (χ2v) is 20.5. The molecule has 3 amide bonds. The summed E-state index contributed by atoms with van der Waals surface area (Å²) in [6.07, 6.45) is 12.6. The van der Waals surface area contributed by atoms with Gasteiger partial charge in [0.1, 0.15) is 25.6 Å². The number of nitrogens with one attached hydrogen (secondary N) is 1. The third-order valence-corrected chi connectivity index (χ3v) is 14.8. The monoisotopic (exact) mass is 969 g/mol. The Kier molecular flexibility index (Phi) is 17.6. The molecular formula is C51H63N5O10S2. The van der Waals surface area contributed by atoms with Gasteiger partial charge >= 0.3 is 0 Å². The van der Waals surface area contributed by atoms with Gasteiger partial charge in [-0.2, -0.15) is 0 Å². The lowest BCUT2D eigenvalue weighted by Crippen LogP contribution is -2.35. The average molecular weight is 970 g/mol. The summed E-state index contributed by atoms with van der Waals surface area (Å²) in [7, 11) is 6.59. The number of methoxy groups -OCH3 is 2. The minimum Gasteiger partial charge on any atom is -0.493 e. The highest BCUT2D eigenvalue weighted by molar-refractivity contribution is 8.76. The number of carbonyl (C=O) groups excluding carboxylic acids is 3. The number of carbonyl (C=O) groups is 3. The molecule has 2 atom stereocenters. The summed E-state index contributed by atoms with van der Waals surface area (Å²) >= 11 is 0. The molecule has 3 aromatic rings. The fourth-order valence-electron chi connectivity index (χ4n) is 8.40. The molecule has 3 aromatic carbocycles. The van der Waals surface area contributed by atoms with E-state index in [9.17, 15) is 14.4 Å². The summed E-state index contributed by atoms with van der Waals surface area (Å²) in [5.41, 5.74) is 5.93. The molecule has 1 N–H and O–H groups in total. The van der Waals surface area contributed by atoms with Crippen molar-refractivity contribution in [2.45, 2.75) is 83.4 Å². The molecule has 68 heavy (non-hydrogen) atoms. The van der Waals surface area contributed by atoms with Crippen molar-refractivity contribution >= 4 is 63.1 Å². The van der Waals surface area contributed by atoms with Crippen LogP contribution in [0, 0.1) is 0 Å². The van der Waals surface area contributed by atoms with E-state index in [1.807, 2.05) is 60.5 Å². The highest BCUT2D eigenvalue weighted by Gasteiger charge is 2.36. The molecule has 2 saturated heterocycles. The van der Waals surface area contributed by atoms with Gasteiger partial charge in [-0.1, -0.05) is 44.9 Å². The number of aliphatic imine (C=N–C) groups is 2. The van der Waals surface area contributed by atoms with Gasteiger partial charge in [-0.15, -0.1) is 0 Å². The highest BCUT2D eigenvalue weighted by atomic mass is 33.1. The summed E-state index contributed by atoms with van der Waals surface area (Å²) in [4.78, 5) is 52.8. The second-order valence-electron chi connectivity index (χ2n) is 17.4. The van der Waals surface area contributed by atoms with E-state index < -0.39 is 0 Å². The standard InChI is InChI=1S/C51H63N5O10S2/c1-8-33-19-37-27-53-42-25-46(44(60-5)23-40(42)49(58)55(37)29-33)65-31-35-18-36(22-39(21-35)64-17-16-63-15-14-62-13-12-52-48(57)10-11-51(3,4)68-67-7)32-66-47-26-43-41(24-45(47)61-6)50(59)56-30-34(9-2)20-38(56)28-54-43/h8-9,18,21-28,37-38H,10-17,19-20,29-32H2,1-7H3,(H,52,57)/b33-8+,34-9+/t37-,38?/m0/s1. The Morgan fingerprint density at radius 3 is 1.74 bits per heavy atom. The van der Waals surface area contributed by atoms with Crippen LogP contribution in [0.1, 0.15) is 85.2 Å². The zero-order valence-corrected chi connectivity index (χ0v) is 41.7. The zero-order valence-electron chi connectivity index (χ0n) is 40.1. The number of hydrogen-bond acceptors (Lipinski definition) is 14. The van der Waals surface area contributed by atoms with Gasteiger partial charge < -0.3 is 48.3 Å². The van der Waals surface area contributed by atoms with E-state index in [0.717, 1.165) is 30.4 Å². The third-order valence-electron chi connectivity index (χ3n) is 12.1. The maximum absolute atomic E-state index is 13.7. The maximum atomic E-state index is 13.7. The Morgan fingerprint density at radius 1 is 0.721 bits per heavy atom. The lowest BCUT2D eigenvalue weighted by atomic mass is 10.1. The van der Waals surface area contributed by atoms with Gasteiger partial charge in [0.25, 0.3) is 11.8 Å². The van der Waals surface area contributed by atoms with Gasteiger partial charge in [-0.05, 0) is 94.7 Å². The van der Waals surface area contributed by atoms with Crippen LogP contribution in [0.4, 0.5) is 11.4 Å². The van der Waals surface area contributed by atoms with Gasteiger partial charge in [0.05, 0.1) is 75.2 Å². The molecule has 0 aliphatic carbocycles. The number of amides is 3. The van der Waals surface area contributed by atoms with Gasteiger partial charge in [-0.25, -0.2) is 0 Å². The van der Waals surface area contributed by atoms with Crippen LogP contribution in [0.15, 0.2) is 75.7 Å². The van der Waals surface area contributed by atoms with E-state index in [1.165, 1.54) is 11.1 Å². The topological polar surface area (TPSA) is 159 Å². The lowest BCUT2D eigenvalue weighted by molar-refractivity contribution is -0.121. The van der Waals surface area contributed by atoms with Crippen molar-refractivity contribution < 1.29 is 47.5 Å². The zero-order chi connectivity index (χ0) is 48.2. The quantitative estimate of drug-likeness (QED) is 0.0548. The molecule has 4 aliphatic rings. The molecule has 364 valence electrons. The van der Waals surface area contributed by atoms with Crippen LogP contribution in [0.2, 0.25) is 0 Å². The number of nitrogens with zero attached hydrogens (tertiary/aromatic N) is 4. The Balaban J connectivity index is 0.996. The first-order chi connectivity index (χ1) is 32.9. The van der Waals surface area contributed by atoms with Crippen LogP contribution in [0.5, 0.6) is 28.7 Å². The number of hydrogen-bond donors (Lipinski definition) is 1. The van der Waals surface area contributed by atoms with Crippen LogP contribution in [0.3, 0.4) is 0 Å². The molecule has 1 unspecified atom stereocenters. The van der Waals surface area contributed by atoms with Crippen molar-refractivity contribution in [2.24, 2.45) is 9.98 Å². The molecule has 0 saturated carbocycles. The van der Waals surface area contributed by atoms with Gasteiger partial charge in [0, 0.05) is 55.4 Å². The third kappa shape index (κ3) is 12.8. The fourth-order valence-corrected chi connectivity index (χ4v) is 10.6. The number of ether oxygens (including phenoxy) is 7. The minimum absolute atomic E-state index is 0.0250. The number of fused-ring (bicyclic) bond motifs is 4. The van der Waals surface area contributed by atoms with Crippen molar-refractivity contribution in [1.29, 1.82) is 0 Å². The van der Waals surface area contributed by atoms with Crippen molar-refractivity contribution in [3.05, 3.63) is 88.0 Å². The minimum atomic E-state index is -0.105. The molecule has 17 heteroatoms. The first-order valence-corrected chi connectivity index (χ1v) is 25.6. The van der Waals surface area contributed by atoms with E-state index in [1.54, 1.807) is 60.1 Å². The Hall–Kier alpha value is -5.49. The van der Waals surface area contributed by atoms with E-state index >= 15 is 0 Å². The number of rotatable bonds is 23. The molecule has 0 bridgehead atoms. The summed E-state index contributed by atoms with van der Waals surface area (Å²) in [5, 5.41) is 2.92. The molecule has 4 heterocycles. The summed E-state index contributed by atoms with van der Waals surface area (Å²) in [6.45, 7) is 11.8. The Labute approximate surface area is 407 Å². The van der Waals surface area contributed by atoms with E-state index in [0.29, 0.717) is 104 Å². The summed E-state index contributed by atoms with van der Waals surface area (Å²) < 4.78 is 42.0. The van der Waals surface area contributed by atoms with Crippen molar-refractivity contribution in [3.8, 4) is 28.7 Å². The van der Waals surface area contributed by atoms with Gasteiger partial charge in [0.15, 0.2) is 23.0 Å². The summed E-state index contributed by atoms with van der Waals surface area (Å²) in [6, 6.07) is 12.4. The smallest absolute Gasteiger partial charge is 0.257 e. The van der Waals surface area contributed by atoms with Gasteiger partial charge in [0.2, 0.25) is 5.91 Å². The van der Waals surface area contributed by atoms with Crippen LogP contribution in [-0.2, 0) is 27.5 Å². The van der Waals surface area contributed by atoms with Gasteiger partial charge in [-0.3, -0.25) is 24.4 Å². The van der Waals surface area contributed by atoms with Crippen LogP contribution in [-0.4, -0.2) is 130 Å². The molecular weight excluding hydrogens is 907 g/mol. The molecule has 2 fully saturated rings. The van der Waals surface area contributed by atoms with Crippen LogP contribution >= 0.6 is 21.6 Å². The fraction of sp³-hybridized carbons (Fsp3) is 0.471. The normalized spacial score (nSPS) is 18.5. The Bertz CT molecular complexity index is 2300. The SMILES string of the molecule is C/C=C1\CC2C=Nc3cc(OCc4cc(COc5cc6c(cc5OC)C(=O)N5C/C(=C/C)C[C@H]5C=N6)cc(OCCOCCOCCNC(=O)CCC(C)(C)SSC)c4)c(OC)cc3C(=O)N2C1. The molecule has 0 radical (unpaired) electrons. The van der Waals surface area contributed by atoms with E-state index in [4.69, 9.17) is 43.1 Å². The first kappa shape index (κ1) is 50.4. The molecule has 7 rings (SSSR count). The van der Waals surface area contributed by atoms with Crippen LogP contribution in [0.25, 0.3) is 0 Å². The predicted molar refractivity (Wildman–Crippen MR) is 268 cm³/mol. The highest BCUT2D eigenvalue weighted by Crippen LogP contribution is 2.41. The van der Waals surface area contributed by atoms with Crippen molar-refractivity contribution in [1.82, 2.24) is 15.1 Å². The second kappa shape index (κ2) is 23.7. The molecule has 15 nitrogen and oxygen atoms in total. The van der Waals surface area contributed by atoms with E-state index in [2.05, 4.69) is 31.3 Å². The number of benzene rings is 3. The average Bonchev–Trinajstić information content (AvgIpc) is 3.91. The van der Waals surface area contributed by atoms with Crippen LogP contribution < -0.4 is 29.0 Å². The van der Waals surface area contributed by atoms with Crippen molar-refractivity contribution in [3.63, 3.8) is 0 Å². The predicted octanol–water partition coefficient (Wildman–Crippen LogP) is 8.71. The van der Waals surface area contributed by atoms with Crippen molar-refractivity contribution in [2.75, 3.05) is 73.1 Å².